The van der Waals surface area contributed by atoms with Crippen molar-refractivity contribution >= 4 is 29.3 Å². The number of hydrogen-bond acceptors (Lipinski definition) is 2. The van der Waals surface area contributed by atoms with E-state index >= 15 is 0 Å². The topological polar surface area (TPSA) is 40.9 Å². The number of nitrogens with zero attached hydrogens (tertiary/aromatic N) is 1. The molecule has 54 valence electrons. The van der Waals surface area contributed by atoms with Gasteiger partial charge in [-0.2, -0.15) is 5.26 Å². The average molecular weight is 151 g/mol. The fraction of sp³-hybridized carbons (Fsp3) is 0.714. The van der Waals surface area contributed by atoms with Gasteiger partial charge in [0.15, 0.2) is 0 Å². The molecule has 0 aliphatic carbocycles. The Balaban J connectivity index is -0.000000107. The maximum absolute atomic E-state index is 9.83. The zero-order chi connectivity index (χ0) is 7.11. The van der Waals surface area contributed by atoms with E-state index in [9.17, 15) is 4.79 Å². The van der Waals surface area contributed by atoms with Crippen molar-refractivity contribution < 1.29 is 7.65 Å². The van der Waals surface area contributed by atoms with Gasteiger partial charge in [-0.3, -0.25) is 0 Å². The van der Waals surface area contributed by atoms with Crippen molar-refractivity contribution in [1.82, 2.24) is 0 Å². The second-order valence-corrected chi connectivity index (χ2v) is 1.98. The third-order valence-corrected chi connectivity index (χ3v) is 1.31. The van der Waals surface area contributed by atoms with Crippen molar-refractivity contribution in [1.29, 1.82) is 5.26 Å². The van der Waals surface area contributed by atoms with E-state index in [0.29, 0.717) is 6.42 Å². The van der Waals surface area contributed by atoms with E-state index in [4.69, 9.17) is 5.26 Å². The summed E-state index contributed by atoms with van der Waals surface area (Å²) in [7, 11) is 0. The summed E-state index contributed by atoms with van der Waals surface area (Å²) in [6.45, 7) is 1.96. The second-order valence-electron chi connectivity index (χ2n) is 1.98. The van der Waals surface area contributed by atoms with Crippen molar-refractivity contribution in [3.8, 4) is 6.07 Å². The maximum atomic E-state index is 9.83. The number of carbonyl (C=O) groups excluding carboxylic acids is 1. The Morgan fingerprint density at radius 1 is 1.80 bits per heavy atom. The molecule has 0 heterocycles. The Kier molecular flexibility index (Phi) is 11.2. The molecule has 1 unspecified atom stereocenters. The van der Waals surface area contributed by atoms with Crippen molar-refractivity contribution in [2.75, 3.05) is 0 Å². The quantitative estimate of drug-likeness (QED) is 0.450. The van der Waals surface area contributed by atoms with Crippen LogP contribution in [0.4, 0.5) is 0 Å². The van der Waals surface area contributed by atoms with E-state index in [1.807, 2.05) is 6.92 Å². The van der Waals surface area contributed by atoms with Gasteiger partial charge in [0.2, 0.25) is 0 Å². The predicted molar refractivity (Wildman–Crippen MR) is 42.7 cm³/mol. The first-order chi connectivity index (χ1) is 4.35. The van der Waals surface area contributed by atoms with Crippen LogP contribution in [-0.4, -0.2) is 29.3 Å². The summed E-state index contributed by atoms with van der Waals surface area (Å²) in [4.78, 5) is 9.83. The minimum atomic E-state index is 0. The van der Waals surface area contributed by atoms with Crippen molar-refractivity contribution in [2.45, 2.75) is 26.2 Å². The van der Waals surface area contributed by atoms with Gasteiger partial charge in [0.05, 0.1) is 6.07 Å². The van der Waals surface area contributed by atoms with Crippen LogP contribution in [-0.2, 0) is 4.79 Å². The van der Waals surface area contributed by atoms with Gasteiger partial charge < -0.3 is 7.65 Å². The average Bonchev–Trinajstić information content (AvgIpc) is 1.91. The normalized spacial score (nSPS) is 10.8. The fourth-order valence-electron chi connectivity index (χ4n) is 0.629. The first-order valence-corrected chi connectivity index (χ1v) is 3.18. The summed E-state index contributed by atoms with van der Waals surface area (Å²) in [6, 6.07) is 2.13. The smallest absolute Gasteiger partial charge is 1.00 e. The molecule has 10 heavy (non-hydrogen) atoms. The second kappa shape index (κ2) is 8.93. The Morgan fingerprint density at radius 2 is 2.40 bits per heavy atom. The molecular weight excluding hydrogens is 138 g/mol. The summed E-state index contributed by atoms with van der Waals surface area (Å²) in [6.07, 6.45) is 2.95. The van der Waals surface area contributed by atoms with E-state index in [2.05, 4.69) is 6.07 Å². The molecule has 0 aliphatic heterocycles. The van der Waals surface area contributed by atoms with E-state index in [-0.39, 0.29) is 31.8 Å². The van der Waals surface area contributed by atoms with Crippen LogP contribution < -0.4 is 0 Å². The van der Waals surface area contributed by atoms with Crippen LogP contribution in [0.25, 0.3) is 0 Å². The molecule has 0 rings (SSSR count). The van der Waals surface area contributed by atoms with Crippen LogP contribution in [0.1, 0.15) is 29.0 Å². The van der Waals surface area contributed by atoms with E-state index in [0.717, 1.165) is 19.1 Å². The number of rotatable bonds is 4. The van der Waals surface area contributed by atoms with Gasteiger partial charge in [0.25, 0.3) is 0 Å². The van der Waals surface area contributed by atoms with Crippen LogP contribution in [0.15, 0.2) is 0 Å². The maximum Gasteiger partial charge on any atom is 2.00 e. The molecule has 0 bridgehead atoms. The molecule has 3 heteroatoms. The first-order valence-electron chi connectivity index (χ1n) is 3.18. The molecule has 0 fully saturated rings. The summed E-state index contributed by atoms with van der Waals surface area (Å²) in [5, 5.41) is 8.39. The van der Waals surface area contributed by atoms with Gasteiger partial charge in [-0.05, 0) is 12.8 Å². The van der Waals surface area contributed by atoms with Crippen molar-refractivity contribution in [3.05, 3.63) is 0 Å². The molecule has 0 radical (unpaired) electrons. The molecular formula is C7H13MgNO. The summed E-state index contributed by atoms with van der Waals surface area (Å²) in [5.74, 6) is 0.0789. The molecule has 1 atom stereocenters. The molecule has 0 saturated heterocycles. The molecule has 2 nitrogen and oxygen atoms in total. The predicted octanol–water partition coefficient (Wildman–Crippen LogP) is 1.36. The minimum absolute atomic E-state index is 0. The Morgan fingerprint density at radius 3 is 2.70 bits per heavy atom. The zero-order valence-corrected chi connectivity index (χ0v) is 7.75. The number of hydrogen-bond donors (Lipinski definition) is 0. The van der Waals surface area contributed by atoms with Gasteiger partial charge >= 0.3 is 23.1 Å². The van der Waals surface area contributed by atoms with Gasteiger partial charge in [0.1, 0.15) is 6.29 Å². The molecule has 0 spiro atoms. The summed E-state index contributed by atoms with van der Waals surface area (Å²) < 4.78 is 0. The van der Waals surface area contributed by atoms with Crippen LogP contribution in [0.3, 0.4) is 0 Å². The largest absolute Gasteiger partial charge is 2.00 e. The third kappa shape index (κ3) is 6.05. The molecule has 0 N–H and O–H groups in total. The molecule has 0 saturated carbocycles. The Labute approximate surface area is 80.7 Å². The number of aldehydes is 1. The van der Waals surface area contributed by atoms with Gasteiger partial charge in [-0.1, -0.05) is 6.92 Å². The summed E-state index contributed by atoms with van der Waals surface area (Å²) >= 11 is 0. The SMILES string of the molecule is CCC(C#N)CCC=O.[H-].[H-].[Mg+2]. The third-order valence-electron chi connectivity index (χ3n) is 1.31. The van der Waals surface area contributed by atoms with Gasteiger partial charge in [-0.25, -0.2) is 0 Å². The van der Waals surface area contributed by atoms with E-state index < -0.39 is 0 Å². The number of nitriles is 1. The first kappa shape index (κ1) is 12.6. The fourth-order valence-corrected chi connectivity index (χ4v) is 0.629. The Hall–Kier alpha value is -0.0738. The summed E-state index contributed by atoms with van der Waals surface area (Å²) in [5.41, 5.74) is 0. The zero-order valence-electron chi connectivity index (χ0n) is 8.34. The van der Waals surface area contributed by atoms with Crippen molar-refractivity contribution in [3.63, 3.8) is 0 Å². The Bertz CT molecular complexity index is 127. The van der Waals surface area contributed by atoms with E-state index in [1.165, 1.54) is 0 Å². The van der Waals surface area contributed by atoms with Gasteiger partial charge in [-0.15, -0.1) is 0 Å². The monoisotopic (exact) mass is 151 g/mol. The van der Waals surface area contributed by atoms with Gasteiger partial charge in [0, 0.05) is 12.3 Å². The van der Waals surface area contributed by atoms with Crippen LogP contribution in [0.5, 0.6) is 0 Å². The molecule has 0 aliphatic rings. The van der Waals surface area contributed by atoms with Crippen LogP contribution in [0.2, 0.25) is 0 Å². The molecule has 0 aromatic heterocycles. The molecule has 0 aromatic carbocycles. The number of carbonyl (C=O) groups is 1. The standard InChI is InChI=1S/C7H11NO.Mg.2H/c1-2-7(6-8)4-3-5-9;;;/h5,7H,2-4H2,1H3;;;/q;+2;2*-1. The minimum Gasteiger partial charge on any atom is -1.00 e. The molecule has 0 aromatic rings. The molecule has 0 amide bonds. The van der Waals surface area contributed by atoms with Crippen LogP contribution >= 0.6 is 0 Å². The van der Waals surface area contributed by atoms with E-state index in [1.54, 1.807) is 0 Å². The van der Waals surface area contributed by atoms with Crippen molar-refractivity contribution in [2.24, 2.45) is 5.92 Å². The van der Waals surface area contributed by atoms with Crippen LogP contribution in [0, 0.1) is 17.2 Å².